The van der Waals surface area contributed by atoms with Crippen LogP contribution in [0.2, 0.25) is 0 Å². The molecule has 0 bridgehead atoms. The minimum Gasteiger partial charge on any atom is -0.483 e. The summed E-state index contributed by atoms with van der Waals surface area (Å²) in [6.07, 6.45) is 7.15. The molecular weight excluding hydrogens is 380 g/mol. The largest absolute Gasteiger partial charge is 0.483 e. The number of aromatic nitrogens is 2. The Bertz CT molecular complexity index is 823. The Hall–Kier alpha value is -2.67. The van der Waals surface area contributed by atoms with Crippen LogP contribution in [-0.4, -0.2) is 62.2 Å². The molecule has 1 amide bonds. The molecule has 1 atom stereocenters. The first-order valence-electron chi connectivity index (χ1n) is 10.8. The number of amides is 1. The van der Waals surface area contributed by atoms with Gasteiger partial charge in [0.1, 0.15) is 5.54 Å². The molecule has 7 heteroatoms. The molecule has 1 unspecified atom stereocenters. The van der Waals surface area contributed by atoms with E-state index >= 15 is 0 Å². The molecule has 3 heterocycles. The molecule has 0 saturated carbocycles. The molecule has 162 valence electrons. The van der Waals surface area contributed by atoms with Crippen molar-refractivity contribution in [2.45, 2.75) is 57.7 Å². The van der Waals surface area contributed by atoms with Gasteiger partial charge in [-0.05, 0) is 57.2 Å². The van der Waals surface area contributed by atoms with Crippen LogP contribution in [0.3, 0.4) is 0 Å². The highest BCUT2D eigenvalue weighted by molar-refractivity contribution is 5.87. The molecule has 2 aliphatic heterocycles. The van der Waals surface area contributed by atoms with Crippen molar-refractivity contribution in [2.24, 2.45) is 0 Å². The van der Waals surface area contributed by atoms with E-state index in [-0.39, 0.29) is 12.0 Å². The van der Waals surface area contributed by atoms with Gasteiger partial charge in [-0.1, -0.05) is 30.3 Å². The molecule has 2 fully saturated rings. The van der Waals surface area contributed by atoms with Crippen molar-refractivity contribution < 1.29 is 14.7 Å². The molecule has 1 aromatic heterocycles. The topological polar surface area (TPSA) is 78.7 Å². The van der Waals surface area contributed by atoms with E-state index in [0.717, 1.165) is 70.5 Å². The van der Waals surface area contributed by atoms with Crippen molar-refractivity contribution in [1.29, 1.82) is 0 Å². The number of carbonyl (C=O) groups is 2. The van der Waals surface area contributed by atoms with Gasteiger partial charge in [-0.2, -0.15) is 5.10 Å². The first kappa shape index (κ1) is 22.0. The van der Waals surface area contributed by atoms with E-state index in [1.54, 1.807) is 0 Å². The van der Waals surface area contributed by atoms with Crippen LogP contribution in [0.25, 0.3) is 0 Å². The van der Waals surface area contributed by atoms with Gasteiger partial charge in [0.05, 0.1) is 5.69 Å². The first-order chi connectivity index (χ1) is 14.6. The zero-order valence-electron chi connectivity index (χ0n) is 17.7. The third-order valence-electron chi connectivity index (χ3n) is 6.21. The Balaban J connectivity index is 0.000000806. The minimum absolute atomic E-state index is 0.250. The van der Waals surface area contributed by atoms with Crippen molar-refractivity contribution in [3.05, 3.63) is 53.9 Å². The van der Waals surface area contributed by atoms with Crippen molar-refractivity contribution in [1.82, 2.24) is 19.6 Å². The number of rotatable bonds is 6. The van der Waals surface area contributed by atoms with E-state index in [4.69, 9.17) is 9.90 Å². The van der Waals surface area contributed by atoms with Crippen molar-refractivity contribution in [3.63, 3.8) is 0 Å². The maximum atomic E-state index is 13.5. The van der Waals surface area contributed by atoms with E-state index in [9.17, 15) is 4.79 Å². The second-order valence-corrected chi connectivity index (χ2v) is 7.96. The Morgan fingerprint density at radius 3 is 2.50 bits per heavy atom. The summed E-state index contributed by atoms with van der Waals surface area (Å²) >= 11 is 0. The lowest BCUT2D eigenvalue weighted by Crippen LogP contribution is -2.59. The summed E-state index contributed by atoms with van der Waals surface area (Å²) in [6, 6.07) is 12.6. The van der Waals surface area contributed by atoms with Crippen LogP contribution in [0, 0.1) is 0 Å². The lowest BCUT2D eigenvalue weighted by atomic mass is 9.85. The highest BCUT2D eigenvalue weighted by Crippen LogP contribution is 2.39. The third kappa shape index (κ3) is 4.90. The third-order valence-corrected chi connectivity index (χ3v) is 6.21. The summed E-state index contributed by atoms with van der Waals surface area (Å²) in [5.74, 6) is 0.345. The van der Waals surface area contributed by atoms with Gasteiger partial charge in [-0.25, -0.2) is 0 Å². The number of hydrogen-bond donors (Lipinski definition) is 1. The fraction of sp³-hybridized carbons (Fsp3) is 0.522. The molecule has 2 aromatic rings. The number of piperidine rings is 1. The number of benzene rings is 1. The highest BCUT2D eigenvalue weighted by atomic mass is 16.3. The van der Waals surface area contributed by atoms with Crippen molar-refractivity contribution in [2.75, 3.05) is 19.6 Å². The molecule has 4 rings (SSSR count). The summed E-state index contributed by atoms with van der Waals surface area (Å²) in [5.41, 5.74) is 2.08. The van der Waals surface area contributed by atoms with E-state index in [1.165, 1.54) is 5.56 Å². The first-order valence-corrected chi connectivity index (χ1v) is 10.8. The maximum absolute atomic E-state index is 13.5. The average Bonchev–Trinajstić information content (AvgIpc) is 3.38. The zero-order valence-corrected chi connectivity index (χ0v) is 17.7. The fourth-order valence-electron chi connectivity index (χ4n) is 4.74. The van der Waals surface area contributed by atoms with E-state index in [0.29, 0.717) is 5.91 Å². The number of carbonyl (C=O) groups excluding carboxylic acids is 1. The molecule has 1 spiro atoms. The van der Waals surface area contributed by atoms with E-state index in [1.807, 2.05) is 16.9 Å². The summed E-state index contributed by atoms with van der Waals surface area (Å²) in [7, 11) is 0. The summed E-state index contributed by atoms with van der Waals surface area (Å²) in [6.45, 7) is 6.23. The Labute approximate surface area is 178 Å². The van der Waals surface area contributed by atoms with Crippen LogP contribution < -0.4 is 0 Å². The molecule has 30 heavy (non-hydrogen) atoms. The maximum Gasteiger partial charge on any atom is 0.290 e. The summed E-state index contributed by atoms with van der Waals surface area (Å²) < 4.78 is 1.97. The predicted octanol–water partition coefficient (Wildman–Crippen LogP) is 2.80. The smallest absolute Gasteiger partial charge is 0.290 e. The highest BCUT2D eigenvalue weighted by Gasteiger charge is 2.50. The Kier molecular flexibility index (Phi) is 7.63. The molecule has 1 N–H and O–H groups in total. The van der Waals surface area contributed by atoms with Gasteiger partial charge in [-0.15, -0.1) is 0 Å². The number of likely N-dealkylation sites (tertiary alicyclic amines) is 2. The normalized spacial score (nSPS) is 21.5. The average molecular weight is 413 g/mol. The Morgan fingerprint density at radius 1 is 1.13 bits per heavy atom. The van der Waals surface area contributed by atoms with Crippen LogP contribution in [0.5, 0.6) is 0 Å². The molecule has 0 aliphatic carbocycles. The van der Waals surface area contributed by atoms with Gasteiger partial charge in [0.2, 0.25) is 5.91 Å². The molecule has 0 radical (unpaired) electrons. The molecule has 7 nitrogen and oxygen atoms in total. The quantitative estimate of drug-likeness (QED) is 0.738. The minimum atomic E-state index is -0.301. The van der Waals surface area contributed by atoms with Gasteiger partial charge in [0, 0.05) is 32.4 Å². The molecule has 2 saturated heterocycles. The van der Waals surface area contributed by atoms with E-state index < -0.39 is 0 Å². The second-order valence-electron chi connectivity index (χ2n) is 7.96. The van der Waals surface area contributed by atoms with Gasteiger partial charge in [-0.3, -0.25) is 19.2 Å². The van der Waals surface area contributed by atoms with Crippen LogP contribution in [0.4, 0.5) is 0 Å². The second kappa shape index (κ2) is 10.4. The zero-order chi connectivity index (χ0) is 21.4. The van der Waals surface area contributed by atoms with Crippen molar-refractivity contribution >= 4 is 12.4 Å². The Morgan fingerprint density at radius 2 is 1.83 bits per heavy atom. The van der Waals surface area contributed by atoms with Crippen LogP contribution in [0.1, 0.15) is 43.9 Å². The van der Waals surface area contributed by atoms with Crippen LogP contribution in [-0.2, 0) is 29.1 Å². The standard InChI is InChI=1S/C22H30N4O.CH2O2/c1-2-26-17-11-20(23-26)18-25-15-7-13-22(25)12-6-14-24(21(22)27)16-10-19-8-4-3-5-9-19;2-1-3/h3-5,8-9,11,17H,2,6-7,10,12-16,18H2,1H3;1H,(H,2,3). The van der Waals surface area contributed by atoms with Gasteiger partial charge >= 0.3 is 0 Å². The summed E-state index contributed by atoms with van der Waals surface area (Å²) in [4.78, 5) is 26.4. The number of carboxylic acid groups (broad SMARTS) is 1. The molecule has 2 aliphatic rings. The molecular formula is C23H32N4O3. The van der Waals surface area contributed by atoms with E-state index in [2.05, 4.69) is 52.2 Å². The predicted molar refractivity (Wildman–Crippen MR) is 115 cm³/mol. The lowest BCUT2D eigenvalue weighted by molar-refractivity contribution is -0.147. The van der Waals surface area contributed by atoms with Gasteiger partial charge < -0.3 is 10.0 Å². The summed E-state index contributed by atoms with van der Waals surface area (Å²) in [5, 5.41) is 11.5. The fourth-order valence-corrected chi connectivity index (χ4v) is 4.74. The van der Waals surface area contributed by atoms with Gasteiger partial charge in [0.15, 0.2) is 0 Å². The van der Waals surface area contributed by atoms with Gasteiger partial charge in [0.25, 0.3) is 6.47 Å². The SMILES string of the molecule is CCn1ccc(CN2CCCC23CCCN(CCc2ccccc2)C3=O)n1.O=CO. The monoisotopic (exact) mass is 412 g/mol. The van der Waals surface area contributed by atoms with Crippen molar-refractivity contribution in [3.8, 4) is 0 Å². The lowest BCUT2D eigenvalue weighted by Gasteiger charge is -2.44. The van der Waals surface area contributed by atoms with Crippen LogP contribution >= 0.6 is 0 Å². The molecule has 1 aromatic carbocycles. The number of nitrogens with zero attached hydrogens (tertiary/aromatic N) is 4. The number of hydrogen-bond acceptors (Lipinski definition) is 4. The number of aryl methyl sites for hydroxylation is 1. The van der Waals surface area contributed by atoms with Crippen LogP contribution in [0.15, 0.2) is 42.6 Å².